The molecular formula is C6HClFeK5N6O3. The molecule has 9 nitrogen and oxygen atoms in total. The number of hydrogen-bond donors (Lipinski definition) is 0. The first-order valence-corrected chi connectivity index (χ1v) is 2.73. The summed E-state index contributed by atoms with van der Waals surface area (Å²) >= 11 is 0. The van der Waals surface area contributed by atoms with Crippen LogP contribution < -0.4 is 271 Å². The minimum absolute atomic E-state index is 0. The predicted molar refractivity (Wildman–Crippen MR) is 30.9 cm³/mol. The van der Waals surface area contributed by atoms with Crippen LogP contribution in [0.15, 0.2) is 0 Å². The molecule has 0 aliphatic carbocycles. The van der Waals surface area contributed by atoms with Gasteiger partial charge >= 0.3 is 274 Å². The average Bonchev–Trinajstić information content (AvgIpc) is 2.42. The Kier molecular flexibility index (Phi) is 953. The van der Waals surface area contributed by atoms with E-state index in [9.17, 15) is 0 Å². The second-order valence-corrected chi connectivity index (χ2v) is 0.567. The van der Waals surface area contributed by atoms with Crippen LogP contribution >= 0.6 is 0 Å². The van der Waals surface area contributed by atoms with Crippen LogP contribution in [0.2, 0.25) is 0 Å². The van der Waals surface area contributed by atoms with E-state index in [1.165, 1.54) is 0 Å². The number of rotatable bonds is 0. The van der Waals surface area contributed by atoms with Crippen molar-refractivity contribution in [1.82, 2.24) is 0 Å². The van der Waals surface area contributed by atoms with E-state index in [1.807, 2.05) is 0 Å². The van der Waals surface area contributed by atoms with Crippen LogP contribution in [0.4, 0.5) is 0 Å². The van der Waals surface area contributed by atoms with Crippen LogP contribution in [0.1, 0.15) is 1.43 Å². The maximum absolute atomic E-state index is 8.41. The molecule has 0 unspecified atom stereocenters. The molecule has 93 valence electrons. The van der Waals surface area contributed by atoms with Crippen LogP contribution in [0.5, 0.6) is 0 Å². The molecule has 0 bridgehead atoms. The second kappa shape index (κ2) is 230. The zero-order chi connectivity index (χ0) is 15.6. The van der Waals surface area contributed by atoms with Gasteiger partial charge in [0.15, 0.2) is 0 Å². The Morgan fingerprint density at radius 3 is 0.455 bits per heavy atom. The van der Waals surface area contributed by atoms with E-state index >= 15 is 0 Å². The molecule has 1 radical (unpaired) electrons. The Labute approximate surface area is 359 Å². The van der Waals surface area contributed by atoms with Gasteiger partial charge in [0.05, 0.1) is 10.8 Å². The minimum atomic E-state index is -2.85. The van der Waals surface area contributed by atoms with E-state index in [0.717, 1.165) is 0 Å². The van der Waals surface area contributed by atoms with Gasteiger partial charge in [0.25, 0.3) is 0 Å². The largest absolute Gasteiger partial charge is 3.00 e. The summed E-state index contributed by atoms with van der Waals surface area (Å²) in [6.45, 7) is 28.5. The third kappa shape index (κ3) is 471. The maximum atomic E-state index is 8.41. The normalized spacial score (nSPS) is 2.18. The molecule has 0 aromatic heterocycles. The summed E-state index contributed by atoms with van der Waals surface area (Å²) in [5.41, 5.74) is 0. The summed E-state index contributed by atoms with van der Waals surface area (Å²) in [6, 6.07) is 0. The van der Waals surface area contributed by atoms with Crippen LogP contribution in [0.25, 0.3) is 0 Å². The van der Waals surface area contributed by atoms with Gasteiger partial charge in [-0.25, -0.2) is 0 Å². The molecule has 0 N–H and O–H groups in total. The summed E-state index contributed by atoms with van der Waals surface area (Å²) in [6.07, 6.45) is 0. The van der Waals surface area contributed by atoms with Gasteiger partial charge in [0.2, 0.25) is 0 Å². The fourth-order valence-electron chi connectivity index (χ4n) is 0. The van der Waals surface area contributed by atoms with Crippen LogP contribution in [0, 0.1) is 81.8 Å². The zero-order valence-corrected chi connectivity index (χ0v) is 30.1. The Balaban J connectivity index is -0.00000000333. The van der Waals surface area contributed by atoms with Crippen LogP contribution in [-0.2, 0) is 17.1 Å². The third-order valence-corrected chi connectivity index (χ3v) is 0. The van der Waals surface area contributed by atoms with Gasteiger partial charge in [-0.3, -0.25) is 0 Å². The van der Waals surface area contributed by atoms with Crippen molar-refractivity contribution in [3.8, 4) is 0 Å². The molecule has 16 heteroatoms. The molecule has 0 aliphatic heterocycles. The molecule has 0 heterocycles. The van der Waals surface area contributed by atoms with Gasteiger partial charge in [-0.2, -0.15) is 0 Å². The summed E-state index contributed by atoms with van der Waals surface area (Å²) in [5.74, 6) is 0. The summed E-state index contributed by atoms with van der Waals surface area (Å²) in [5, 5.41) is 37.5. The van der Waals surface area contributed by atoms with Gasteiger partial charge in [-0.1, -0.05) is 0 Å². The Hall–Kier alpha value is 5.81. The molecular weight excluding hydrogens is 491 g/mol. The van der Waals surface area contributed by atoms with Gasteiger partial charge in [0, 0.05) is 0 Å². The van der Waals surface area contributed by atoms with Crippen molar-refractivity contribution in [3.05, 3.63) is 39.4 Å². The smallest absolute Gasteiger partial charge is 1.00 e. The topological polar surface area (TPSA) is 212 Å². The Bertz CT molecular complexity index is 161. The van der Waals surface area contributed by atoms with E-state index in [-0.39, 0.29) is 275 Å². The first kappa shape index (κ1) is 91.1. The first-order chi connectivity index (χ1) is 7.73. The van der Waals surface area contributed by atoms with E-state index in [2.05, 4.69) is 0 Å². The van der Waals surface area contributed by atoms with Crippen molar-refractivity contribution in [3.63, 3.8) is 0 Å². The van der Waals surface area contributed by atoms with Crippen molar-refractivity contribution in [2.24, 2.45) is 0 Å². The van der Waals surface area contributed by atoms with Crippen molar-refractivity contribution in [1.29, 1.82) is 31.6 Å². The van der Waals surface area contributed by atoms with Gasteiger partial charge in [0.1, 0.15) is 0 Å². The average molecular weight is 492 g/mol. The van der Waals surface area contributed by atoms with Crippen LogP contribution in [0.3, 0.4) is 0 Å². The number of halogens is 1. The van der Waals surface area contributed by atoms with E-state index in [0.29, 0.717) is 0 Å². The molecule has 22 heavy (non-hydrogen) atoms. The van der Waals surface area contributed by atoms with E-state index in [4.69, 9.17) is 85.0 Å². The van der Waals surface area contributed by atoms with Crippen molar-refractivity contribution < 1.29 is 300 Å². The molecule has 0 atom stereocenters. The number of nitrogens with zero attached hydrogens (tertiary/aromatic N) is 6. The molecule has 0 spiro atoms. The monoisotopic (exact) mass is 491 g/mol. The quantitative estimate of drug-likeness (QED) is 0.232. The Morgan fingerprint density at radius 2 is 0.455 bits per heavy atom. The molecule has 0 saturated heterocycles. The molecule has 0 aliphatic rings. The second-order valence-electron chi connectivity index (χ2n) is 0.189. The Morgan fingerprint density at radius 1 is 0.455 bits per heavy atom. The van der Waals surface area contributed by atoms with Gasteiger partial charge < -0.3 is 86.4 Å². The molecule has 0 aromatic carbocycles. The zero-order valence-electron chi connectivity index (χ0n) is 13.6. The van der Waals surface area contributed by atoms with E-state index < -0.39 is 10.8 Å². The summed E-state index contributed by atoms with van der Waals surface area (Å²) in [4.78, 5) is 0. The summed E-state index contributed by atoms with van der Waals surface area (Å²) < 4.78 is 25.2. The first-order valence-electron chi connectivity index (χ1n) is 1.80. The number of hydrogen-bond acceptors (Lipinski definition) is 9. The predicted octanol–water partition coefficient (Wildman–Crippen LogP) is -17.9. The van der Waals surface area contributed by atoms with Crippen LogP contribution in [-0.4, -0.2) is 0 Å². The standard InChI is InChI=1S/6CN.ClO3.Fe.5K.H/c6*1-2;2-1(3)4;;;;;;;/q7*-1;+3;5*+1;-1. The fourth-order valence-corrected chi connectivity index (χ4v) is 0. The third-order valence-electron chi connectivity index (χ3n) is 0. The van der Waals surface area contributed by atoms with E-state index in [1.54, 1.807) is 0 Å². The van der Waals surface area contributed by atoms with Gasteiger partial charge in [-0.05, 0) is 0 Å². The van der Waals surface area contributed by atoms with Crippen molar-refractivity contribution >= 4 is 0 Å². The minimum Gasteiger partial charge on any atom is -1.00 e. The van der Waals surface area contributed by atoms with Crippen molar-refractivity contribution in [2.45, 2.75) is 0 Å². The summed E-state index contributed by atoms with van der Waals surface area (Å²) in [7, 11) is -2.85. The van der Waals surface area contributed by atoms with Gasteiger partial charge in [-0.15, -0.1) is 0 Å². The molecule has 0 amide bonds. The SMILES string of the molecule is [C-]#N.[C-]#N.[C-]#N.[C-]#N.[C-]#N.[C-]#N.[Fe+3].[H-].[K+].[K+].[K+].[K+].[K+].[O-][Cl+2]([O-])[O-]. The van der Waals surface area contributed by atoms with Crippen molar-refractivity contribution in [2.75, 3.05) is 0 Å². The molecule has 0 aromatic rings. The molecule has 0 rings (SSSR count). The fraction of sp³-hybridized carbons (Fsp3) is 0. The molecule has 0 saturated carbocycles. The molecule has 0 fully saturated rings. The maximum Gasteiger partial charge on any atom is 3.00 e.